The first kappa shape index (κ1) is 27.3. The highest BCUT2D eigenvalue weighted by Gasteiger charge is 2.32. The molecule has 3 rings (SSSR count). The van der Waals surface area contributed by atoms with Gasteiger partial charge in [-0.25, -0.2) is 4.79 Å². The molecule has 2 amide bonds. The number of esters is 1. The number of hydrogen-bond acceptors (Lipinski definition) is 7. The summed E-state index contributed by atoms with van der Waals surface area (Å²) in [5, 5.41) is 14.5. The molecule has 0 unspecified atom stereocenters. The lowest BCUT2D eigenvalue weighted by Gasteiger charge is -2.37. The highest BCUT2D eigenvalue weighted by atomic mass is 16.7. The Kier molecular flexibility index (Phi) is 10.4. The maximum absolute atomic E-state index is 12.0. The van der Waals surface area contributed by atoms with E-state index in [1.165, 1.54) is 0 Å². The van der Waals surface area contributed by atoms with Gasteiger partial charge in [-0.3, -0.25) is 4.79 Å². The van der Waals surface area contributed by atoms with Crippen molar-refractivity contribution in [3.63, 3.8) is 0 Å². The number of carbonyl (C=O) groups is 2. The third kappa shape index (κ3) is 8.17. The van der Waals surface area contributed by atoms with E-state index in [0.717, 1.165) is 29.8 Å². The average molecular weight is 498 g/mol. The van der Waals surface area contributed by atoms with Crippen LogP contribution in [0.2, 0.25) is 0 Å². The number of urea groups is 1. The summed E-state index contributed by atoms with van der Waals surface area (Å²) < 4.78 is 17.4. The Morgan fingerprint density at radius 1 is 1.14 bits per heavy atom. The number of aliphatic hydroxyl groups is 1. The fraction of sp³-hybridized carbons (Fsp3) is 0.407. The summed E-state index contributed by atoms with van der Waals surface area (Å²) in [4.78, 5) is 25.6. The van der Waals surface area contributed by atoms with E-state index < -0.39 is 18.3 Å². The number of likely N-dealkylation sites (N-methyl/N-ethyl adjacent to an activating group) is 1. The lowest BCUT2D eigenvalue weighted by molar-refractivity contribution is -0.252. The number of aliphatic hydroxyl groups excluding tert-OH is 1. The van der Waals surface area contributed by atoms with Crippen molar-refractivity contribution in [3.05, 3.63) is 77.9 Å². The second-order valence-electron chi connectivity index (χ2n) is 8.59. The van der Waals surface area contributed by atoms with Gasteiger partial charge >= 0.3 is 12.0 Å². The molecule has 2 aromatic rings. The van der Waals surface area contributed by atoms with E-state index in [4.69, 9.17) is 14.2 Å². The normalized spacial score (nSPS) is 19.5. The van der Waals surface area contributed by atoms with E-state index in [1.54, 1.807) is 19.1 Å². The summed E-state index contributed by atoms with van der Waals surface area (Å²) in [6, 6.07) is 14.4. The molecule has 0 radical (unpaired) electrons. The van der Waals surface area contributed by atoms with Crippen LogP contribution in [0.15, 0.2) is 61.2 Å². The first-order valence-corrected chi connectivity index (χ1v) is 12.0. The van der Waals surface area contributed by atoms with Gasteiger partial charge in [0.05, 0.1) is 25.4 Å². The Bertz CT molecular complexity index is 996. The Morgan fingerprint density at radius 2 is 1.83 bits per heavy atom. The van der Waals surface area contributed by atoms with Crippen molar-refractivity contribution < 1.29 is 28.9 Å². The smallest absolute Gasteiger partial charge is 0.325 e. The van der Waals surface area contributed by atoms with Crippen LogP contribution in [0.5, 0.6) is 0 Å². The van der Waals surface area contributed by atoms with Gasteiger partial charge in [-0.2, -0.15) is 0 Å². The molecule has 0 bridgehead atoms. The van der Waals surface area contributed by atoms with Crippen molar-refractivity contribution in [1.29, 1.82) is 0 Å². The van der Waals surface area contributed by atoms with E-state index in [0.29, 0.717) is 12.1 Å². The van der Waals surface area contributed by atoms with Gasteiger partial charge in [-0.05, 0) is 37.2 Å². The molecule has 1 fully saturated rings. The van der Waals surface area contributed by atoms with Crippen LogP contribution >= 0.6 is 0 Å². The summed E-state index contributed by atoms with van der Waals surface area (Å²) in [6.07, 6.45) is 1.72. The van der Waals surface area contributed by atoms with Crippen LogP contribution < -0.4 is 10.6 Å². The number of hydrogen-bond donors (Lipinski definition) is 3. The fourth-order valence-electron chi connectivity index (χ4n) is 3.94. The van der Waals surface area contributed by atoms with Crippen molar-refractivity contribution >= 4 is 17.7 Å². The van der Waals surface area contributed by atoms with E-state index in [9.17, 15) is 14.7 Å². The minimum atomic E-state index is -0.588. The molecule has 1 heterocycles. The minimum absolute atomic E-state index is 0.00621. The van der Waals surface area contributed by atoms with Crippen LogP contribution in [0.4, 0.5) is 10.5 Å². The lowest BCUT2D eigenvalue weighted by Crippen LogP contribution is -2.37. The molecule has 0 saturated carbocycles. The number of nitrogens with zero attached hydrogens (tertiary/aromatic N) is 1. The van der Waals surface area contributed by atoms with E-state index in [2.05, 4.69) is 22.1 Å². The van der Waals surface area contributed by atoms with Crippen LogP contribution in [0.25, 0.3) is 0 Å². The van der Waals surface area contributed by atoms with Crippen LogP contribution in [-0.2, 0) is 25.6 Å². The van der Waals surface area contributed by atoms with Gasteiger partial charge in [0.15, 0.2) is 6.29 Å². The molecule has 36 heavy (non-hydrogen) atoms. The number of nitrogens with one attached hydrogen (secondary N) is 2. The van der Waals surface area contributed by atoms with Crippen LogP contribution in [0.1, 0.15) is 42.4 Å². The van der Waals surface area contributed by atoms with Gasteiger partial charge in [0, 0.05) is 30.8 Å². The Labute approximate surface area is 212 Å². The average Bonchev–Trinajstić information content (AvgIpc) is 2.88. The monoisotopic (exact) mass is 497 g/mol. The molecule has 194 valence electrons. The quantitative estimate of drug-likeness (QED) is 0.322. The second kappa shape index (κ2) is 13.7. The zero-order chi connectivity index (χ0) is 25.9. The van der Waals surface area contributed by atoms with Crippen molar-refractivity contribution in [2.45, 2.75) is 38.4 Å². The predicted molar refractivity (Wildman–Crippen MR) is 136 cm³/mol. The molecule has 3 N–H and O–H groups in total. The van der Waals surface area contributed by atoms with Gasteiger partial charge in [0.2, 0.25) is 0 Å². The number of anilines is 1. The molecule has 2 aromatic carbocycles. The lowest BCUT2D eigenvalue weighted by atomic mass is 9.99. The fourth-order valence-corrected chi connectivity index (χ4v) is 3.94. The largest absolute Gasteiger partial charge is 0.465 e. The van der Waals surface area contributed by atoms with Gasteiger partial charge in [-0.1, -0.05) is 42.5 Å². The molecule has 1 saturated heterocycles. The summed E-state index contributed by atoms with van der Waals surface area (Å²) in [6.45, 7) is 7.03. The third-order valence-corrected chi connectivity index (χ3v) is 5.71. The highest BCUT2D eigenvalue weighted by molar-refractivity contribution is 5.91. The van der Waals surface area contributed by atoms with E-state index in [-0.39, 0.29) is 32.0 Å². The van der Waals surface area contributed by atoms with Crippen LogP contribution in [0, 0.1) is 0 Å². The SMILES string of the molecule is C=CCN(C)C[C@@H]1C[C@H](c2ccc(CO)cc2)O[C@H](c2ccc(NC(=O)NCC(=O)OCC)cc2)O1. The molecule has 9 nitrogen and oxygen atoms in total. The zero-order valence-corrected chi connectivity index (χ0v) is 20.8. The Hall–Kier alpha value is -3.24. The standard InChI is InChI=1S/C27H35N3O6/c1-4-14-30(3)17-23-15-24(20-8-6-19(18-31)7-9-20)36-26(35-23)21-10-12-22(13-11-21)29-27(33)28-16-25(32)34-5-2/h4,6-13,23-24,26,31H,1,5,14-18H2,2-3H3,(H2,28,29,33)/t23-,24+,26+/m0/s1. The molecule has 3 atom stereocenters. The van der Waals surface area contributed by atoms with E-state index in [1.807, 2.05) is 49.5 Å². The molecular weight excluding hydrogens is 462 g/mol. The zero-order valence-electron chi connectivity index (χ0n) is 20.8. The number of rotatable bonds is 11. The van der Waals surface area contributed by atoms with Crippen LogP contribution in [0.3, 0.4) is 0 Å². The summed E-state index contributed by atoms with van der Waals surface area (Å²) in [5.74, 6) is -0.497. The molecule has 9 heteroatoms. The number of amides is 2. The van der Waals surface area contributed by atoms with Gasteiger partial charge in [0.25, 0.3) is 0 Å². The second-order valence-corrected chi connectivity index (χ2v) is 8.59. The highest BCUT2D eigenvalue weighted by Crippen LogP contribution is 2.38. The first-order chi connectivity index (χ1) is 17.4. The first-order valence-electron chi connectivity index (χ1n) is 12.0. The minimum Gasteiger partial charge on any atom is -0.465 e. The van der Waals surface area contributed by atoms with Crippen molar-refractivity contribution in [2.24, 2.45) is 0 Å². The van der Waals surface area contributed by atoms with Crippen molar-refractivity contribution in [1.82, 2.24) is 10.2 Å². The predicted octanol–water partition coefficient (Wildman–Crippen LogP) is 3.53. The molecular formula is C27H35N3O6. The van der Waals surface area contributed by atoms with E-state index >= 15 is 0 Å². The number of benzene rings is 2. The molecule has 1 aliphatic heterocycles. The van der Waals surface area contributed by atoms with Gasteiger partial charge < -0.3 is 34.9 Å². The Morgan fingerprint density at radius 3 is 2.47 bits per heavy atom. The molecule has 0 spiro atoms. The van der Waals surface area contributed by atoms with Crippen LogP contribution in [-0.4, -0.2) is 61.4 Å². The number of carbonyl (C=O) groups excluding carboxylic acids is 2. The topological polar surface area (TPSA) is 109 Å². The third-order valence-electron chi connectivity index (χ3n) is 5.71. The maximum atomic E-state index is 12.0. The summed E-state index contributed by atoms with van der Waals surface area (Å²) in [5.41, 5.74) is 3.25. The number of ether oxygens (including phenoxy) is 3. The molecule has 0 aromatic heterocycles. The van der Waals surface area contributed by atoms with Gasteiger partial charge in [-0.15, -0.1) is 6.58 Å². The van der Waals surface area contributed by atoms with Crippen molar-refractivity contribution in [2.75, 3.05) is 38.6 Å². The Balaban J connectivity index is 1.68. The molecule has 1 aliphatic rings. The van der Waals surface area contributed by atoms with Gasteiger partial charge in [0.1, 0.15) is 6.54 Å². The van der Waals surface area contributed by atoms with Crippen molar-refractivity contribution in [3.8, 4) is 0 Å². The maximum Gasteiger partial charge on any atom is 0.325 e. The molecule has 0 aliphatic carbocycles. The summed E-state index contributed by atoms with van der Waals surface area (Å²) >= 11 is 0. The summed E-state index contributed by atoms with van der Waals surface area (Å²) in [7, 11) is 2.02.